The first-order valence-corrected chi connectivity index (χ1v) is 7.26. The third-order valence-electron chi connectivity index (χ3n) is 3.16. The molecule has 100 valence electrons. The molecule has 0 amide bonds. The van der Waals surface area contributed by atoms with Crippen molar-refractivity contribution in [2.75, 3.05) is 5.43 Å². The third-order valence-corrected chi connectivity index (χ3v) is 4.75. The van der Waals surface area contributed by atoms with Crippen molar-refractivity contribution in [1.29, 1.82) is 0 Å². The van der Waals surface area contributed by atoms with Gasteiger partial charge in [0.1, 0.15) is 4.90 Å². The predicted molar refractivity (Wildman–Crippen MR) is 67.0 cm³/mol. The number of hydrazine groups is 1. The molecule has 1 aromatic heterocycles. The summed E-state index contributed by atoms with van der Waals surface area (Å²) in [6, 6.07) is 0. The minimum Gasteiger partial charge on any atom is -0.292 e. The lowest BCUT2D eigenvalue weighted by Crippen LogP contribution is -2.43. The van der Waals surface area contributed by atoms with Crippen LogP contribution in [0.4, 0.5) is 5.95 Å². The molecular weight excluding hydrogens is 254 g/mol. The van der Waals surface area contributed by atoms with E-state index in [2.05, 4.69) is 20.1 Å². The minimum absolute atomic E-state index is 0.0506. The SMILES string of the molecule is CC1(NS(=O)(=O)c2cnc(NN)nc2)CCCC1. The van der Waals surface area contributed by atoms with Gasteiger partial charge in [0.15, 0.2) is 0 Å². The molecule has 0 bridgehead atoms. The lowest BCUT2D eigenvalue weighted by Gasteiger charge is -2.24. The number of nitrogens with one attached hydrogen (secondary N) is 2. The average molecular weight is 271 g/mol. The lowest BCUT2D eigenvalue weighted by atomic mass is 10.0. The van der Waals surface area contributed by atoms with Gasteiger partial charge in [0, 0.05) is 5.54 Å². The van der Waals surface area contributed by atoms with Gasteiger partial charge in [-0.05, 0) is 19.8 Å². The number of sulfonamides is 1. The Kier molecular flexibility index (Phi) is 3.51. The van der Waals surface area contributed by atoms with Crippen LogP contribution in [0.2, 0.25) is 0 Å². The molecule has 1 aliphatic rings. The normalized spacial score (nSPS) is 18.8. The van der Waals surface area contributed by atoms with E-state index >= 15 is 0 Å². The molecule has 1 aliphatic carbocycles. The Morgan fingerprint density at radius 1 is 1.28 bits per heavy atom. The summed E-state index contributed by atoms with van der Waals surface area (Å²) in [6.45, 7) is 1.92. The van der Waals surface area contributed by atoms with E-state index in [1.165, 1.54) is 12.4 Å². The van der Waals surface area contributed by atoms with Crippen LogP contribution >= 0.6 is 0 Å². The van der Waals surface area contributed by atoms with Gasteiger partial charge in [-0.15, -0.1) is 0 Å². The van der Waals surface area contributed by atoms with Gasteiger partial charge < -0.3 is 0 Å². The summed E-state index contributed by atoms with van der Waals surface area (Å²) in [5, 5.41) is 0. The first kappa shape index (κ1) is 13.2. The van der Waals surface area contributed by atoms with Crippen molar-refractivity contribution in [3.63, 3.8) is 0 Å². The van der Waals surface area contributed by atoms with Crippen LogP contribution in [0, 0.1) is 0 Å². The number of hydrogen-bond donors (Lipinski definition) is 3. The summed E-state index contributed by atoms with van der Waals surface area (Å²) in [6.07, 6.45) is 6.29. The van der Waals surface area contributed by atoms with Gasteiger partial charge in [0.2, 0.25) is 16.0 Å². The van der Waals surface area contributed by atoms with Gasteiger partial charge in [0.05, 0.1) is 12.4 Å². The molecule has 0 saturated heterocycles. The molecule has 1 saturated carbocycles. The third kappa shape index (κ3) is 2.77. The molecule has 1 fully saturated rings. The zero-order valence-corrected chi connectivity index (χ0v) is 11.0. The number of nitrogens with two attached hydrogens (primary N) is 1. The van der Waals surface area contributed by atoms with Crippen LogP contribution < -0.4 is 16.0 Å². The van der Waals surface area contributed by atoms with Gasteiger partial charge in [-0.25, -0.2) is 29.0 Å². The molecule has 0 spiro atoms. The molecule has 4 N–H and O–H groups in total. The maximum atomic E-state index is 12.2. The maximum absolute atomic E-state index is 12.2. The van der Waals surface area contributed by atoms with Crippen molar-refractivity contribution in [2.24, 2.45) is 5.84 Å². The molecule has 0 unspecified atom stereocenters. The number of aromatic nitrogens is 2. The lowest BCUT2D eigenvalue weighted by molar-refractivity contribution is 0.427. The number of nitrogen functional groups attached to an aromatic ring is 1. The number of anilines is 1. The van der Waals surface area contributed by atoms with Crippen LogP contribution in [0.1, 0.15) is 32.6 Å². The average Bonchev–Trinajstić information content (AvgIpc) is 2.75. The van der Waals surface area contributed by atoms with E-state index in [1.54, 1.807) is 0 Å². The fourth-order valence-electron chi connectivity index (χ4n) is 2.17. The second-order valence-electron chi connectivity index (χ2n) is 4.76. The van der Waals surface area contributed by atoms with E-state index in [1.807, 2.05) is 6.92 Å². The zero-order valence-electron chi connectivity index (χ0n) is 10.2. The molecule has 0 aliphatic heterocycles. The molecule has 7 nitrogen and oxygen atoms in total. The molecule has 0 radical (unpaired) electrons. The second-order valence-corrected chi connectivity index (χ2v) is 6.44. The molecule has 1 heterocycles. The van der Waals surface area contributed by atoms with Crippen molar-refractivity contribution < 1.29 is 8.42 Å². The van der Waals surface area contributed by atoms with E-state index in [0.29, 0.717) is 0 Å². The summed E-state index contributed by atoms with van der Waals surface area (Å²) in [5.41, 5.74) is 1.89. The number of nitrogens with zero attached hydrogens (tertiary/aromatic N) is 2. The van der Waals surface area contributed by atoms with E-state index in [4.69, 9.17) is 5.84 Å². The Labute approximate surface area is 106 Å². The predicted octanol–water partition coefficient (Wildman–Crippen LogP) is 0.373. The van der Waals surface area contributed by atoms with Crippen LogP contribution in [0.3, 0.4) is 0 Å². The van der Waals surface area contributed by atoms with E-state index < -0.39 is 10.0 Å². The van der Waals surface area contributed by atoms with E-state index in [9.17, 15) is 8.42 Å². The van der Waals surface area contributed by atoms with Crippen LogP contribution in [-0.2, 0) is 10.0 Å². The van der Waals surface area contributed by atoms with Crippen molar-refractivity contribution in [2.45, 2.75) is 43.0 Å². The Morgan fingerprint density at radius 2 is 1.83 bits per heavy atom. The zero-order chi connectivity index (χ0) is 13.2. The topological polar surface area (TPSA) is 110 Å². The first-order valence-electron chi connectivity index (χ1n) is 5.78. The van der Waals surface area contributed by atoms with Crippen molar-refractivity contribution in [3.05, 3.63) is 12.4 Å². The van der Waals surface area contributed by atoms with Crippen LogP contribution in [-0.4, -0.2) is 23.9 Å². The summed E-state index contributed by atoms with van der Waals surface area (Å²) in [7, 11) is -3.57. The highest BCUT2D eigenvalue weighted by atomic mass is 32.2. The Balaban J connectivity index is 2.19. The smallest absolute Gasteiger partial charge is 0.244 e. The Bertz CT molecular complexity index is 508. The van der Waals surface area contributed by atoms with Crippen LogP contribution in [0.25, 0.3) is 0 Å². The Morgan fingerprint density at radius 3 is 2.33 bits per heavy atom. The quantitative estimate of drug-likeness (QED) is 0.539. The van der Waals surface area contributed by atoms with E-state index in [-0.39, 0.29) is 16.4 Å². The highest BCUT2D eigenvalue weighted by Crippen LogP contribution is 2.30. The standard InChI is InChI=1S/C10H17N5O2S/c1-10(4-2-3-5-10)15-18(16,17)8-6-12-9(14-11)13-7-8/h6-7,15H,2-5,11H2,1H3,(H,12,13,14). The molecule has 1 aromatic rings. The highest BCUT2D eigenvalue weighted by molar-refractivity contribution is 7.89. The van der Waals surface area contributed by atoms with Gasteiger partial charge in [-0.2, -0.15) is 0 Å². The monoisotopic (exact) mass is 271 g/mol. The van der Waals surface area contributed by atoms with Gasteiger partial charge >= 0.3 is 0 Å². The summed E-state index contributed by atoms with van der Waals surface area (Å²) >= 11 is 0. The molecular formula is C10H17N5O2S. The van der Waals surface area contributed by atoms with Crippen molar-refractivity contribution >= 4 is 16.0 Å². The molecule has 2 rings (SSSR count). The highest BCUT2D eigenvalue weighted by Gasteiger charge is 2.33. The van der Waals surface area contributed by atoms with Gasteiger partial charge in [-0.3, -0.25) is 5.43 Å². The van der Waals surface area contributed by atoms with Crippen LogP contribution in [0.15, 0.2) is 17.3 Å². The Hall–Kier alpha value is -1.25. The molecule has 8 heteroatoms. The largest absolute Gasteiger partial charge is 0.292 e. The molecule has 0 aromatic carbocycles. The number of rotatable bonds is 4. The fraction of sp³-hybridized carbons (Fsp3) is 0.600. The molecule has 0 atom stereocenters. The second kappa shape index (κ2) is 4.79. The van der Waals surface area contributed by atoms with Crippen molar-refractivity contribution in [3.8, 4) is 0 Å². The summed E-state index contributed by atoms with van der Waals surface area (Å²) in [5.74, 6) is 5.30. The fourth-order valence-corrected chi connectivity index (χ4v) is 3.52. The summed E-state index contributed by atoms with van der Waals surface area (Å²) < 4.78 is 27.0. The maximum Gasteiger partial charge on any atom is 0.244 e. The number of hydrogen-bond acceptors (Lipinski definition) is 6. The summed E-state index contributed by atoms with van der Waals surface area (Å²) in [4.78, 5) is 7.64. The van der Waals surface area contributed by atoms with E-state index in [0.717, 1.165) is 25.7 Å². The van der Waals surface area contributed by atoms with Gasteiger partial charge in [0.25, 0.3) is 0 Å². The van der Waals surface area contributed by atoms with Crippen LogP contribution in [0.5, 0.6) is 0 Å². The molecule has 18 heavy (non-hydrogen) atoms. The first-order chi connectivity index (χ1) is 8.45. The van der Waals surface area contributed by atoms with Crippen molar-refractivity contribution in [1.82, 2.24) is 14.7 Å². The van der Waals surface area contributed by atoms with Gasteiger partial charge in [-0.1, -0.05) is 12.8 Å². The minimum atomic E-state index is -3.57.